The number of hydrogen-bond acceptors (Lipinski definition) is 2. The minimum Gasteiger partial charge on any atom is -0.492 e. The van der Waals surface area contributed by atoms with Crippen molar-refractivity contribution in [2.24, 2.45) is 0 Å². The average Bonchev–Trinajstić information content (AvgIpc) is 2.17. The third-order valence-corrected chi connectivity index (χ3v) is 1.90. The van der Waals surface area contributed by atoms with Crippen LogP contribution in [-0.4, -0.2) is 12.9 Å². The summed E-state index contributed by atoms with van der Waals surface area (Å²) in [6, 6.07) is 1.91. The monoisotopic (exact) mass is 228 g/mol. The number of halogens is 2. The highest BCUT2D eigenvalue weighted by Crippen LogP contribution is 2.22. The number of hydrogen-bond donors (Lipinski definition) is 1. The van der Waals surface area contributed by atoms with Crippen LogP contribution in [0.3, 0.4) is 0 Å². The van der Waals surface area contributed by atoms with Gasteiger partial charge in [-0.1, -0.05) is 11.8 Å². The largest absolute Gasteiger partial charge is 0.492 e. The van der Waals surface area contributed by atoms with E-state index < -0.39 is 11.6 Å². The van der Waals surface area contributed by atoms with E-state index in [4.69, 9.17) is 4.74 Å². The molecule has 0 spiro atoms. The molecule has 0 aromatic heterocycles. The molecule has 4 heteroatoms. The first-order chi connectivity index (χ1) is 7.19. The first kappa shape index (κ1) is 11.9. The number of thiol groups is 1. The summed E-state index contributed by atoms with van der Waals surface area (Å²) in [5.74, 6) is 4.56. The van der Waals surface area contributed by atoms with Crippen molar-refractivity contribution in [3.8, 4) is 17.6 Å². The molecule has 1 aromatic rings. The molecule has 0 fully saturated rings. The zero-order valence-electron chi connectivity index (χ0n) is 8.18. The molecule has 0 aliphatic carbocycles. The van der Waals surface area contributed by atoms with E-state index in [-0.39, 0.29) is 11.3 Å². The first-order valence-corrected chi connectivity index (χ1v) is 4.95. The van der Waals surface area contributed by atoms with Crippen molar-refractivity contribution in [3.63, 3.8) is 0 Å². The van der Waals surface area contributed by atoms with E-state index in [1.807, 2.05) is 0 Å². The molecular formula is C11H10F2OS. The zero-order chi connectivity index (χ0) is 11.3. The highest BCUT2D eigenvalue weighted by atomic mass is 32.1. The van der Waals surface area contributed by atoms with Crippen molar-refractivity contribution >= 4 is 12.6 Å². The lowest BCUT2D eigenvalue weighted by Gasteiger charge is -2.04. The van der Waals surface area contributed by atoms with Gasteiger partial charge >= 0.3 is 0 Å². The van der Waals surface area contributed by atoms with Crippen molar-refractivity contribution in [1.82, 2.24) is 0 Å². The molecule has 1 aromatic carbocycles. The smallest absolute Gasteiger partial charge is 0.170 e. The standard InChI is InChI=1S/C11H10F2OS/c1-14-11-8(4-2-3-5-15)6-9(12)7-10(11)13/h6-7,15H,3,5H2,1H3. The van der Waals surface area contributed by atoms with Gasteiger partial charge in [-0.15, -0.1) is 0 Å². The van der Waals surface area contributed by atoms with Crippen LogP contribution < -0.4 is 4.74 Å². The quantitative estimate of drug-likeness (QED) is 0.604. The van der Waals surface area contributed by atoms with Crippen molar-refractivity contribution in [1.29, 1.82) is 0 Å². The molecule has 0 atom stereocenters. The van der Waals surface area contributed by atoms with E-state index in [0.29, 0.717) is 12.2 Å². The number of ether oxygens (including phenoxy) is 1. The van der Waals surface area contributed by atoms with Gasteiger partial charge in [0.25, 0.3) is 0 Å². The normalized spacial score (nSPS) is 9.33. The SMILES string of the molecule is COc1c(F)cc(F)cc1C#CCCS. The Kier molecular flexibility index (Phi) is 4.44. The summed E-state index contributed by atoms with van der Waals surface area (Å²) in [4.78, 5) is 0. The second-order valence-corrected chi connectivity index (χ2v) is 3.19. The van der Waals surface area contributed by atoms with Crippen molar-refractivity contribution in [3.05, 3.63) is 29.3 Å². The highest BCUT2D eigenvalue weighted by Gasteiger charge is 2.09. The molecule has 0 radical (unpaired) electrons. The summed E-state index contributed by atoms with van der Waals surface area (Å²) in [5.41, 5.74) is 0.219. The third kappa shape index (κ3) is 3.14. The zero-order valence-corrected chi connectivity index (χ0v) is 9.07. The maximum absolute atomic E-state index is 13.2. The lowest BCUT2D eigenvalue weighted by molar-refractivity contribution is 0.383. The number of methoxy groups -OCH3 is 1. The lowest BCUT2D eigenvalue weighted by Crippen LogP contribution is -1.94. The van der Waals surface area contributed by atoms with Gasteiger partial charge in [-0.25, -0.2) is 8.78 Å². The first-order valence-electron chi connectivity index (χ1n) is 4.31. The molecule has 0 aliphatic rings. The fourth-order valence-corrected chi connectivity index (χ4v) is 1.19. The molecule has 80 valence electrons. The van der Waals surface area contributed by atoms with Crippen LogP contribution in [-0.2, 0) is 0 Å². The minimum absolute atomic E-state index is 0.0249. The Labute approximate surface area is 92.9 Å². The van der Waals surface area contributed by atoms with Gasteiger partial charge < -0.3 is 4.74 Å². The third-order valence-electron chi connectivity index (χ3n) is 1.67. The van der Waals surface area contributed by atoms with Crippen molar-refractivity contribution < 1.29 is 13.5 Å². The Morgan fingerprint density at radius 1 is 1.40 bits per heavy atom. The summed E-state index contributed by atoms with van der Waals surface area (Å²) in [6.45, 7) is 0. The van der Waals surface area contributed by atoms with Crippen LogP contribution >= 0.6 is 12.6 Å². The van der Waals surface area contributed by atoms with Crippen LogP contribution in [0.1, 0.15) is 12.0 Å². The van der Waals surface area contributed by atoms with E-state index in [2.05, 4.69) is 24.5 Å². The Balaban J connectivity index is 3.11. The van der Waals surface area contributed by atoms with Gasteiger partial charge in [0.2, 0.25) is 0 Å². The van der Waals surface area contributed by atoms with Crippen LogP contribution in [0.2, 0.25) is 0 Å². The molecule has 0 amide bonds. The molecule has 0 N–H and O–H groups in total. The van der Waals surface area contributed by atoms with Gasteiger partial charge in [-0.3, -0.25) is 0 Å². The van der Waals surface area contributed by atoms with Crippen LogP contribution in [0, 0.1) is 23.5 Å². The predicted octanol–water partition coefficient (Wildman–Crippen LogP) is 2.64. The summed E-state index contributed by atoms with van der Waals surface area (Å²) < 4.78 is 30.8. The van der Waals surface area contributed by atoms with Crippen LogP contribution in [0.5, 0.6) is 5.75 Å². The molecule has 0 saturated carbocycles. The summed E-state index contributed by atoms with van der Waals surface area (Å²) in [7, 11) is 1.32. The molecule has 1 nitrogen and oxygen atoms in total. The second-order valence-electron chi connectivity index (χ2n) is 2.74. The number of rotatable bonds is 2. The highest BCUT2D eigenvalue weighted by molar-refractivity contribution is 7.80. The van der Waals surface area contributed by atoms with Crippen molar-refractivity contribution in [2.75, 3.05) is 12.9 Å². The Morgan fingerprint density at radius 3 is 2.73 bits per heavy atom. The van der Waals surface area contributed by atoms with E-state index >= 15 is 0 Å². The maximum atomic E-state index is 13.2. The average molecular weight is 228 g/mol. The number of benzene rings is 1. The topological polar surface area (TPSA) is 9.23 Å². The van der Waals surface area contributed by atoms with Crippen LogP contribution in [0.25, 0.3) is 0 Å². The van der Waals surface area contributed by atoms with Gasteiger partial charge in [0, 0.05) is 18.2 Å². The van der Waals surface area contributed by atoms with Gasteiger partial charge in [0.15, 0.2) is 11.6 Å². The van der Waals surface area contributed by atoms with E-state index in [1.54, 1.807) is 0 Å². The molecule has 15 heavy (non-hydrogen) atoms. The molecule has 0 heterocycles. The Hall–Kier alpha value is -1.21. The van der Waals surface area contributed by atoms with Gasteiger partial charge in [-0.2, -0.15) is 12.6 Å². The summed E-state index contributed by atoms with van der Waals surface area (Å²) >= 11 is 3.97. The fraction of sp³-hybridized carbons (Fsp3) is 0.273. The van der Waals surface area contributed by atoms with Crippen LogP contribution in [0.4, 0.5) is 8.78 Å². The Morgan fingerprint density at radius 2 is 2.13 bits per heavy atom. The fourth-order valence-electron chi connectivity index (χ4n) is 1.07. The molecular weight excluding hydrogens is 218 g/mol. The van der Waals surface area contributed by atoms with E-state index in [1.165, 1.54) is 7.11 Å². The van der Waals surface area contributed by atoms with Crippen LogP contribution in [0.15, 0.2) is 12.1 Å². The molecule has 0 bridgehead atoms. The van der Waals surface area contributed by atoms with E-state index in [0.717, 1.165) is 12.1 Å². The second kappa shape index (κ2) is 5.62. The minimum atomic E-state index is -0.743. The maximum Gasteiger partial charge on any atom is 0.170 e. The summed E-state index contributed by atoms with van der Waals surface area (Å²) in [5, 5.41) is 0. The van der Waals surface area contributed by atoms with Gasteiger partial charge in [0.1, 0.15) is 5.82 Å². The van der Waals surface area contributed by atoms with Crippen molar-refractivity contribution in [2.45, 2.75) is 6.42 Å². The lowest BCUT2D eigenvalue weighted by atomic mass is 10.2. The Bertz CT molecular complexity index is 407. The van der Waals surface area contributed by atoms with E-state index in [9.17, 15) is 8.78 Å². The molecule has 1 rings (SSSR count). The molecule has 0 unspecified atom stereocenters. The van der Waals surface area contributed by atoms with Gasteiger partial charge in [0.05, 0.1) is 12.7 Å². The molecule has 0 aliphatic heterocycles. The predicted molar refractivity (Wildman–Crippen MR) is 58.3 cm³/mol. The molecule has 0 saturated heterocycles. The van der Waals surface area contributed by atoms with Gasteiger partial charge in [-0.05, 0) is 6.07 Å². The summed E-state index contributed by atoms with van der Waals surface area (Å²) in [6.07, 6.45) is 0.560.